The topological polar surface area (TPSA) is 84.9 Å². The number of carbonyl (C=O) groups excluding carboxylic acids is 3. The second-order valence-electron chi connectivity index (χ2n) is 7.47. The highest BCUT2D eigenvalue weighted by atomic mass is 16.7. The van der Waals surface area contributed by atoms with Crippen molar-refractivity contribution in [3.05, 3.63) is 35.5 Å². The van der Waals surface area contributed by atoms with Crippen LogP contribution in [0.2, 0.25) is 0 Å². The van der Waals surface area contributed by atoms with Gasteiger partial charge in [0.2, 0.25) is 5.91 Å². The van der Waals surface area contributed by atoms with E-state index in [0.29, 0.717) is 12.2 Å². The van der Waals surface area contributed by atoms with Crippen LogP contribution in [0.3, 0.4) is 0 Å². The van der Waals surface area contributed by atoms with Crippen molar-refractivity contribution in [2.24, 2.45) is 5.92 Å². The Morgan fingerprint density at radius 3 is 2.52 bits per heavy atom. The van der Waals surface area contributed by atoms with Crippen molar-refractivity contribution >= 4 is 29.2 Å². The molecule has 7 heteroatoms. The number of nitrogens with one attached hydrogen (secondary N) is 1. The molecule has 0 aromatic heterocycles. The number of hydrogen-bond donors (Lipinski definition) is 1. The number of carbonyl (C=O) groups is 3. The van der Waals surface area contributed by atoms with Gasteiger partial charge in [0, 0.05) is 43.9 Å². The van der Waals surface area contributed by atoms with Gasteiger partial charge in [-0.25, -0.2) is 9.59 Å². The molecule has 0 aliphatic carbocycles. The van der Waals surface area contributed by atoms with E-state index < -0.39 is 17.7 Å². The maximum Gasteiger partial charge on any atom is 0.350 e. The molecule has 1 aromatic carbocycles. The largest absolute Gasteiger partial charge is 0.419 e. The summed E-state index contributed by atoms with van der Waals surface area (Å²) in [6.45, 7) is 7.44. The highest BCUT2D eigenvalue weighted by molar-refractivity contribution is 6.15. The van der Waals surface area contributed by atoms with Gasteiger partial charge in [-0.2, -0.15) is 0 Å². The van der Waals surface area contributed by atoms with Crippen molar-refractivity contribution in [2.75, 3.05) is 16.8 Å². The van der Waals surface area contributed by atoms with E-state index in [0.717, 1.165) is 24.1 Å². The maximum atomic E-state index is 12.5. The molecule has 0 atom stereocenters. The van der Waals surface area contributed by atoms with Gasteiger partial charge in [0.25, 0.3) is 5.79 Å². The van der Waals surface area contributed by atoms with Gasteiger partial charge in [0.15, 0.2) is 5.57 Å². The van der Waals surface area contributed by atoms with Crippen LogP contribution >= 0.6 is 0 Å². The Morgan fingerprint density at radius 1 is 1.22 bits per heavy atom. The van der Waals surface area contributed by atoms with Gasteiger partial charge in [-0.05, 0) is 30.5 Å². The Hall–Kier alpha value is -2.83. The molecule has 3 rings (SSSR count). The lowest BCUT2D eigenvalue weighted by molar-refractivity contribution is -0.222. The van der Waals surface area contributed by atoms with Gasteiger partial charge in [-0.15, -0.1) is 0 Å². The molecule has 1 amide bonds. The Bertz CT molecular complexity index is 804. The van der Waals surface area contributed by atoms with Crippen LogP contribution < -0.4 is 10.2 Å². The van der Waals surface area contributed by atoms with Crippen LogP contribution in [0, 0.1) is 5.92 Å². The van der Waals surface area contributed by atoms with E-state index in [1.807, 2.05) is 32.0 Å². The zero-order chi connectivity index (χ0) is 19.8. The molecule has 0 saturated carbocycles. The summed E-state index contributed by atoms with van der Waals surface area (Å²) >= 11 is 0. The molecular formula is C20H24N2O5. The van der Waals surface area contributed by atoms with Gasteiger partial charge < -0.3 is 19.7 Å². The van der Waals surface area contributed by atoms with Crippen LogP contribution in [0.15, 0.2) is 30.0 Å². The first-order chi connectivity index (χ1) is 12.7. The van der Waals surface area contributed by atoms with E-state index in [1.54, 1.807) is 4.90 Å². The average Bonchev–Trinajstić information content (AvgIpc) is 2.58. The van der Waals surface area contributed by atoms with Crippen LogP contribution in [0.4, 0.5) is 11.4 Å². The van der Waals surface area contributed by atoms with Crippen molar-refractivity contribution in [2.45, 2.75) is 46.3 Å². The minimum Gasteiger partial charge on any atom is -0.419 e. The molecule has 0 spiro atoms. The first-order valence-corrected chi connectivity index (χ1v) is 9.05. The van der Waals surface area contributed by atoms with E-state index in [-0.39, 0.29) is 17.4 Å². The normalized spacial score (nSPS) is 18.6. The molecule has 0 radical (unpaired) electrons. The number of aryl methyl sites for hydroxylation is 1. The first kappa shape index (κ1) is 18.9. The fraction of sp³-hybridized carbons (Fsp3) is 0.450. The van der Waals surface area contributed by atoms with Crippen LogP contribution in [-0.2, 0) is 30.3 Å². The van der Waals surface area contributed by atoms with E-state index in [1.165, 1.54) is 20.0 Å². The predicted molar refractivity (Wildman–Crippen MR) is 99.9 cm³/mol. The minimum atomic E-state index is -1.27. The van der Waals surface area contributed by atoms with Gasteiger partial charge >= 0.3 is 11.9 Å². The van der Waals surface area contributed by atoms with E-state index in [2.05, 4.69) is 5.32 Å². The molecule has 27 heavy (non-hydrogen) atoms. The summed E-state index contributed by atoms with van der Waals surface area (Å²) < 4.78 is 10.1. The summed E-state index contributed by atoms with van der Waals surface area (Å²) in [6.07, 6.45) is 3.11. The number of anilines is 2. The molecule has 0 bridgehead atoms. The van der Waals surface area contributed by atoms with Crippen LogP contribution in [-0.4, -0.2) is 30.2 Å². The summed E-state index contributed by atoms with van der Waals surface area (Å²) in [5.41, 5.74) is 2.42. The number of hydrogen-bond acceptors (Lipinski definition) is 6. The lowest BCUT2D eigenvalue weighted by Crippen LogP contribution is -2.42. The molecule has 7 nitrogen and oxygen atoms in total. The first-order valence-electron chi connectivity index (χ1n) is 9.05. The van der Waals surface area contributed by atoms with Crippen LogP contribution in [0.5, 0.6) is 0 Å². The average molecular weight is 372 g/mol. The van der Waals surface area contributed by atoms with Gasteiger partial charge in [0.1, 0.15) is 0 Å². The standard InChI is InChI=1S/C20H24N2O5/c1-12(2)17(23)22-9-5-6-13-7-8-14(10-16(13)22)21-11-15-18(24)26-20(3,4)27-19(15)25/h7-8,10-12,21H,5-6,9H2,1-4H3. The summed E-state index contributed by atoms with van der Waals surface area (Å²) in [6, 6.07) is 5.66. The highest BCUT2D eigenvalue weighted by Gasteiger charge is 2.39. The molecule has 2 heterocycles. The number of amides is 1. The van der Waals surface area contributed by atoms with E-state index >= 15 is 0 Å². The Labute approximate surface area is 158 Å². The number of ether oxygens (including phenoxy) is 2. The van der Waals surface area contributed by atoms with Crippen molar-refractivity contribution in [3.8, 4) is 0 Å². The number of nitrogens with zero attached hydrogens (tertiary/aromatic N) is 1. The van der Waals surface area contributed by atoms with Crippen LogP contribution in [0.1, 0.15) is 39.7 Å². The van der Waals surface area contributed by atoms with Gasteiger partial charge in [0.05, 0.1) is 0 Å². The summed E-state index contributed by atoms with van der Waals surface area (Å²) in [7, 11) is 0. The molecule has 0 unspecified atom stereocenters. The van der Waals surface area contributed by atoms with Crippen molar-refractivity contribution in [3.63, 3.8) is 0 Å². The quantitative estimate of drug-likeness (QED) is 0.499. The monoisotopic (exact) mass is 372 g/mol. The van der Waals surface area contributed by atoms with Crippen molar-refractivity contribution < 1.29 is 23.9 Å². The predicted octanol–water partition coefficient (Wildman–Crippen LogP) is 2.75. The Kier molecular flexibility index (Phi) is 4.95. The minimum absolute atomic E-state index is 0.0770. The fourth-order valence-electron chi connectivity index (χ4n) is 3.14. The summed E-state index contributed by atoms with van der Waals surface area (Å²) in [4.78, 5) is 38.3. The number of cyclic esters (lactones) is 2. The smallest absolute Gasteiger partial charge is 0.350 e. The van der Waals surface area contributed by atoms with Crippen molar-refractivity contribution in [1.82, 2.24) is 0 Å². The zero-order valence-corrected chi connectivity index (χ0v) is 16.0. The molecule has 1 fully saturated rings. The fourth-order valence-corrected chi connectivity index (χ4v) is 3.14. The van der Waals surface area contributed by atoms with Gasteiger partial charge in [-0.3, -0.25) is 4.79 Å². The third-order valence-corrected chi connectivity index (χ3v) is 4.46. The number of benzene rings is 1. The molecule has 1 saturated heterocycles. The lowest BCUT2D eigenvalue weighted by Gasteiger charge is -2.31. The van der Waals surface area contributed by atoms with E-state index in [4.69, 9.17) is 9.47 Å². The van der Waals surface area contributed by atoms with E-state index in [9.17, 15) is 14.4 Å². The number of rotatable bonds is 3. The van der Waals surface area contributed by atoms with Crippen LogP contribution in [0.25, 0.3) is 0 Å². The number of fused-ring (bicyclic) bond motifs is 1. The second-order valence-corrected chi connectivity index (χ2v) is 7.47. The third-order valence-electron chi connectivity index (χ3n) is 4.46. The SMILES string of the molecule is CC(C)C(=O)N1CCCc2ccc(NC=C3C(=O)OC(C)(C)OC3=O)cc21. The molecule has 1 N–H and O–H groups in total. The maximum absolute atomic E-state index is 12.5. The summed E-state index contributed by atoms with van der Waals surface area (Å²) in [5, 5.41) is 2.94. The van der Waals surface area contributed by atoms with Crippen molar-refractivity contribution in [1.29, 1.82) is 0 Å². The van der Waals surface area contributed by atoms with Gasteiger partial charge in [-0.1, -0.05) is 19.9 Å². The molecular weight excluding hydrogens is 348 g/mol. The lowest BCUT2D eigenvalue weighted by atomic mass is 9.99. The number of esters is 2. The highest BCUT2D eigenvalue weighted by Crippen LogP contribution is 2.31. The molecule has 1 aromatic rings. The molecule has 2 aliphatic rings. The Morgan fingerprint density at radius 2 is 1.89 bits per heavy atom. The Balaban J connectivity index is 1.83. The molecule has 144 valence electrons. The second kappa shape index (κ2) is 7.06. The summed E-state index contributed by atoms with van der Waals surface area (Å²) in [5.74, 6) is -2.76. The molecule has 2 aliphatic heterocycles. The zero-order valence-electron chi connectivity index (χ0n) is 16.0. The third kappa shape index (κ3) is 3.97.